The maximum absolute atomic E-state index is 11.8. The number of nitrogens with zero attached hydrogens (tertiary/aromatic N) is 3. The van der Waals surface area contributed by atoms with Crippen molar-refractivity contribution in [2.75, 3.05) is 20.6 Å². The third-order valence-electron chi connectivity index (χ3n) is 5.00. The van der Waals surface area contributed by atoms with Gasteiger partial charge in [0, 0.05) is 46.7 Å². The number of hydrogen-bond acceptors (Lipinski definition) is 2. The lowest BCUT2D eigenvalue weighted by molar-refractivity contribution is -0.128. The second-order valence-electron chi connectivity index (χ2n) is 7.24. The number of benzene rings is 2. The Labute approximate surface area is 205 Å². The van der Waals surface area contributed by atoms with E-state index in [1.807, 2.05) is 29.0 Å². The van der Waals surface area contributed by atoms with Crippen LogP contribution in [0.2, 0.25) is 10.0 Å². The van der Waals surface area contributed by atoms with Crippen LogP contribution in [0.3, 0.4) is 0 Å². The van der Waals surface area contributed by atoms with Crippen LogP contribution in [0.5, 0.6) is 0 Å². The minimum Gasteiger partial charge on any atom is -0.352 e. The average molecular weight is 561 g/mol. The molecule has 3 rings (SSSR count). The zero-order chi connectivity index (χ0) is 20.8. The second kappa shape index (κ2) is 11.8. The first kappa shape index (κ1) is 24.8. The summed E-state index contributed by atoms with van der Waals surface area (Å²) in [5, 5.41) is 4.49. The highest BCUT2D eigenvalue weighted by molar-refractivity contribution is 14.0. The zero-order valence-corrected chi connectivity index (χ0v) is 21.0. The molecule has 0 aliphatic carbocycles. The summed E-state index contributed by atoms with van der Waals surface area (Å²) in [4.78, 5) is 20.1. The number of hydrogen-bond donors (Lipinski definition) is 1. The van der Waals surface area contributed by atoms with Gasteiger partial charge in [-0.05, 0) is 35.2 Å². The zero-order valence-electron chi connectivity index (χ0n) is 17.2. The molecule has 162 valence electrons. The maximum Gasteiger partial charge on any atom is 0.222 e. The summed E-state index contributed by atoms with van der Waals surface area (Å²) in [6.45, 7) is 2.89. The molecule has 1 fully saturated rings. The van der Waals surface area contributed by atoms with Gasteiger partial charge in [0.15, 0.2) is 5.96 Å². The molecule has 1 aliphatic rings. The van der Waals surface area contributed by atoms with Crippen LogP contribution in [0.1, 0.15) is 29.5 Å². The van der Waals surface area contributed by atoms with E-state index in [2.05, 4.69) is 34.6 Å². The number of nitrogens with one attached hydrogen (secondary N) is 1. The fraction of sp³-hybridized carbons (Fsp3) is 0.364. The molecule has 0 unspecified atom stereocenters. The van der Waals surface area contributed by atoms with E-state index in [0.717, 1.165) is 35.6 Å². The Hall–Kier alpha value is -1.51. The quantitative estimate of drug-likeness (QED) is 0.309. The Kier molecular flexibility index (Phi) is 9.71. The van der Waals surface area contributed by atoms with Crippen LogP contribution in [0, 0.1) is 0 Å². The topological polar surface area (TPSA) is 47.9 Å². The summed E-state index contributed by atoms with van der Waals surface area (Å²) in [6.07, 6.45) is 1.65. The predicted molar refractivity (Wildman–Crippen MR) is 135 cm³/mol. The highest BCUT2D eigenvalue weighted by atomic mass is 127. The molecule has 2 aromatic carbocycles. The van der Waals surface area contributed by atoms with Crippen LogP contribution in [0.25, 0.3) is 0 Å². The van der Waals surface area contributed by atoms with Crippen molar-refractivity contribution in [1.29, 1.82) is 0 Å². The lowest BCUT2D eigenvalue weighted by Gasteiger charge is -2.22. The number of likely N-dealkylation sites (tertiary alicyclic amines) is 1. The number of rotatable bonds is 6. The van der Waals surface area contributed by atoms with E-state index in [1.165, 1.54) is 0 Å². The number of aliphatic imine (C=N–C) groups is 1. The summed E-state index contributed by atoms with van der Waals surface area (Å²) in [5.74, 6) is 1.05. The van der Waals surface area contributed by atoms with Gasteiger partial charge in [-0.3, -0.25) is 9.79 Å². The van der Waals surface area contributed by atoms with Crippen LogP contribution in [-0.4, -0.2) is 42.3 Å². The van der Waals surface area contributed by atoms with Crippen molar-refractivity contribution < 1.29 is 4.79 Å². The minimum atomic E-state index is 0. The molecule has 0 aromatic heterocycles. The summed E-state index contributed by atoms with van der Waals surface area (Å²) < 4.78 is 0. The van der Waals surface area contributed by atoms with Crippen LogP contribution in [-0.2, 0) is 24.4 Å². The first-order valence-electron chi connectivity index (χ1n) is 9.67. The van der Waals surface area contributed by atoms with Crippen LogP contribution in [0.4, 0.5) is 0 Å². The molecule has 5 nitrogen and oxygen atoms in total. The molecule has 0 saturated carbocycles. The van der Waals surface area contributed by atoms with Gasteiger partial charge < -0.3 is 15.1 Å². The third-order valence-corrected chi connectivity index (χ3v) is 5.73. The molecular weight excluding hydrogens is 534 g/mol. The van der Waals surface area contributed by atoms with Crippen molar-refractivity contribution in [2.45, 2.75) is 32.5 Å². The average Bonchev–Trinajstić information content (AvgIpc) is 3.11. The van der Waals surface area contributed by atoms with Crippen molar-refractivity contribution in [3.63, 3.8) is 0 Å². The van der Waals surface area contributed by atoms with Crippen LogP contribution in [0.15, 0.2) is 47.5 Å². The molecule has 1 aliphatic heterocycles. The van der Waals surface area contributed by atoms with E-state index in [4.69, 9.17) is 23.2 Å². The van der Waals surface area contributed by atoms with E-state index in [0.29, 0.717) is 36.1 Å². The molecule has 8 heteroatoms. The molecule has 0 bridgehead atoms. The molecule has 0 spiro atoms. The normalized spacial score (nSPS) is 13.9. The first-order valence-corrected chi connectivity index (χ1v) is 10.4. The molecule has 1 saturated heterocycles. The molecule has 0 atom stereocenters. The summed E-state index contributed by atoms with van der Waals surface area (Å²) in [7, 11) is 3.75. The van der Waals surface area contributed by atoms with E-state index < -0.39 is 0 Å². The Morgan fingerprint density at radius 1 is 1.10 bits per heavy atom. The van der Waals surface area contributed by atoms with Gasteiger partial charge in [-0.25, -0.2) is 0 Å². The lowest BCUT2D eigenvalue weighted by Crippen LogP contribution is -2.38. The van der Waals surface area contributed by atoms with Gasteiger partial charge in [0.05, 0.1) is 10.0 Å². The van der Waals surface area contributed by atoms with Gasteiger partial charge in [-0.2, -0.15) is 0 Å². The van der Waals surface area contributed by atoms with Crippen molar-refractivity contribution in [3.05, 3.63) is 69.2 Å². The van der Waals surface area contributed by atoms with Crippen molar-refractivity contribution in [3.8, 4) is 0 Å². The van der Waals surface area contributed by atoms with E-state index in [1.54, 1.807) is 13.1 Å². The van der Waals surface area contributed by atoms with Crippen molar-refractivity contribution in [2.24, 2.45) is 4.99 Å². The van der Waals surface area contributed by atoms with Gasteiger partial charge in [0.1, 0.15) is 0 Å². The van der Waals surface area contributed by atoms with Gasteiger partial charge in [0.25, 0.3) is 0 Å². The Morgan fingerprint density at radius 3 is 2.37 bits per heavy atom. The number of carbonyl (C=O) groups is 1. The second-order valence-corrected chi connectivity index (χ2v) is 8.06. The van der Waals surface area contributed by atoms with Gasteiger partial charge in [0.2, 0.25) is 5.91 Å². The Morgan fingerprint density at radius 2 is 1.77 bits per heavy atom. The minimum absolute atomic E-state index is 0. The summed E-state index contributed by atoms with van der Waals surface area (Å²) >= 11 is 12.1. The summed E-state index contributed by atoms with van der Waals surface area (Å²) in [6, 6.07) is 14.0. The molecule has 1 heterocycles. The van der Waals surface area contributed by atoms with E-state index >= 15 is 0 Å². The smallest absolute Gasteiger partial charge is 0.222 e. The van der Waals surface area contributed by atoms with E-state index in [-0.39, 0.29) is 29.9 Å². The fourth-order valence-electron chi connectivity index (χ4n) is 3.41. The third kappa shape index (κ3) is 6.75. The van der Waals surface area contributed by atoms with Crippen molar-refractivity contribution >= 4 is 59.0 Å². The number of halogens is 3. The predicted octanol–water partition coefficient (Wildman–Crippen LogP) is 4.94. The molecule has 1 amide bonds. The van der Waals surface area contributed by atoms with Crippen molar-refractivity contribution in [1.82, 2.24) is 15.1 Å². The van der Waals surface area contributed by atoms with E-state index in [9.17, 15) is 4.79 Å². The number of carbonyl (C=O) groups excluding carboxylic acids is 1. The highest BCUT2D eigenvalue weighted by Crippen LogP contribution is 2.23. The molecule has 0 radical (unpaired) electrons. The Balaban J connectivity index is 0.00000320. The maximum atomic E-state index is 11.8. The fourth-order valence-corrected chi connectivity index (χ4v) is 3.73. The molecule has 30 heavy (non-hydrogen) atoms. The lowest BCUT2D eigenvalue weighted by atomic mass is 10.1. The summed E-state index contributed by atoms with van der Waals surface area (Å²) in [5.41, 5.74) is 3.38. The Bertz CT molecular complexity index is 889. The largest absolute Gasteiger partial charge is 0.352 e. The van der Waals surface area contributed by atoms with Crippen LogP contribution >= 0.6 is 47.2 Å². The standard InChI is InChI=1S/C22H26Cl2N4O.HI/c1-25-22(27(2)14-18-9-10-19(23)20(24)12-18)26-13-16-5-7-17(8-6-16)15-28-11-3-4-21(28)29;/h5-10,12H,3-4,11,13-15H2,1-2H3,(H,25,26);1H. The molecule has 2 aromatic rings. The van der Waals surface area contributed by atoms with Gasteiger partial charge in [-0.15, -0.1) is 24.0 Å². The molecular formula is C22H27Cl2IN4O. The van der Waals surface area contributed by atoms with Gasteiger partial charge in [-0.1, -0.05) is 53.5 Å². The number of amides is 1. The monoisotopic (exact) mass is 560 g/mol. The number of guanidine groups is 1. The van der Waals surface area contributed by atoms with Gasteiger partial charge >= 0.3 is 0 Å². The highest BCUT2D eigenvalue weighted by Gasteiger charge is 2.19. The SMILES string of the molecule is CN=C(NCc1ccc(CN2CCCC2=O)cc1)N(C)Cc1ccc(Cl)c(Cl)c1.I. The first-order chi connectivity index (χ1) is 14.0. The molecule has 1 N–H and O–H groups in total. The van der Waals surface area contributed by atoms with Crippen LogP contribution < -0.4 is 5.32 Å².